The van der Waals surface area contributed by atoms with Gasteiger partial charge >= 0.3 is 5.91 Å². The van der Waals surface area contributed by atoms with E-state index in [1.54, 1.807) is 55.6 Å². The topological polar surface area (TPSA) is 115 Å². The minimum absolute atomic E-state index is 0.0353. The second-order valence-corrected chi connectivity index (χ2v) is 10.6. The second kappa shape index (κ2) is 12.9. The lowest BCUT2D eigenvalue weighted by Crippen LogP contribution is -2.86. The molecule has 0 saturated heterocycles. The molecule has 1 heterocycles. The number of aryl methyl sites for hydroxylation is 1. The Morgan fingerprint density at radius 3 is 2.40 bits per heavy atom. The predicted molar refractivity (Wildman–Crippen MR) is 158 cm³/mol. The Kier molecular flexibility index (Phi) is 9.60. The van der Waals surface area contributed by atoms with Crippen molar-refractivity contribution in [2.45, 2.75) is 25.9 Å². The van der Waals surface area contributed by atoms with Gasteiger partial charge in [0.1, 0.15) is 5.82 Å². The first kappa shape index (κ1) is 29.7. The lowest BCUT2D eigenvalue weighted by molar-refractivity contribution is -0.542. The van der Waals surface area contributed by atoms with Crippen molar-refractivity contribution < 1.29 is 14.9 Å². The van der Waals surface area contributed by atoms with E-state index in [1.807, 2.05) is 19.1 Å². The summed E-state index contributed by atoms with van der Waals surface area (Å²) in [5, 5.41) is 2.77. The molecule has 1 unspecified atom stereocenters. The Bertz CT molecular complexity index is 1620. The molecule has 3 aromatic carbocycles. The van der Waals surface area contributed by atoms with Crippen LogP contribution >= 0.6 is 34.8 Å². The highest BCUT2D eigenvalue weighted by atomic mass is 35.5. The highest BCUT2D eigenvalue weighted by molar-refractivity contribution is 6.42. The number of hydrogen-bond donors (Lipinski definition) is 2. The van der Waals surface area contributed by atoms with Gasteiger partial charge in [0.2, 0.25) is 6.04 Å². The standard InChI is InChI=1S/C29H28Cl3N5O3/c1-17-4-7-19(8-5-17)28(39)36(13-3-12-33)25(27(38)34-2)26-35-24-15-20(30)9-10-21(24)29(40)37(26)16-18-6-11-22(31)23(32)14-18/h4-11,14-15,25H,3,12-13,16,33H2,1-2H3,(H,34,38)/p+1. The molecule has 0 saturated carbocycles. The zero-order valence-corrected chi connectivity index (χ0v) is 24.3. The minimum Gasteiger partial charge on any atom is -0.330 e. The zero-order chi connectivity index (χ0) is 29.0. The van der Waals surface area contributed by atoms with E-state index >= 15 is 0 Å². The lowest BCUT2D eigenvalue weighted by Gasteiger charge is -2.30. The predicted octanol–water partition coefficient (Wildman–Crippen LogP) is 3.97. The van der Waals surface area contributed by atoms with Crippen molar-refractivity contribution >= 4 is 57.5 Å². The van der Waals surface area contributed by atoms with Crippen molar-refractivity contribution in [1.82, 2.24) is 14.5 Å². The van der Waals surface area contributed by atoms with Crippen LogP contribution in [0, 0.1) is 6.92 Å². The van der Waals surface area contributed by atoms with Crippen molar-refractivity contribution in [3.63, 3.8) is 0 Å². The molecule has 0 aliphatic rings. The fourth-order valence-corrected chi connectivity index (χ4v) is 4.93. The van der Waals surface area contributed by atoms with Crippen LogP contribution in [0.4, 0.5) is 0 Å². The van der Waals surface area contributed by atoms with E-state index in [1.165, 1.54) is 14.8 Å². The maximum Gasteiger partial charge on any atom is 0.340 e. The van der Waals surface area contributed by atoms with Gasteiger partial charge in [0, 0.05) is 17.1 Å². The van der Waals surface area contributed by atoms with Crippen LogP contribution in [-0.4, -0.2) is 46.4 Å². The summed E-state index contributed by atoms with van der Waals surface area (Å²) in [7, 11) is 1.59. The first-order chi connectivity index (χ1) is 19.1. The number of likely N-dealkylation sites (N-methyl/N-ethyl adjacent to an activating group) is 1. The van der Waals surface area contributed by atoms with Gasteiger partial charge in [-0.25, -0.2) is 9.78 Å². The van der Waals surface area contributed by atoms with Crippen LogP contribution in [0.3, 0.4) is 0 Å². The normalized spacial score (nSPS) is 11.9. The Hall–Kier alpha value is -3.27. The Balaban J connectivity index is 1.97. The average Bonchev–Trinajstić information content (AvgIpc) is 2.94. The van der Waals surface area contributed by atoms with Crippen LogP contribution in [0.2, 0.25) is 15.1 Å². The highest BCUT2D eigenvalue weighted by Gasteiger charge is 2.37. The van der Waals surface area contributed by atoms with E-state index in [9.17, 15) is 14.4 Å². The number of amides is 2. The molecule has 4 rings (SSSR count). The van der Waals surface area contributed by atoms with E-state index < -0.39 is 17.5 Å². The number of carbonyl (C=O) groups excluding carboxylic acids is 2. The molecule has 1 atom stereocenters. The maximum atomic E-state index is 13.9. The van der Waals surface area contributed by atoms with Crippen molar-refractivity contribution in [2.24, 2.45) is 5.73 Å². The van der Waals surface area contributed by atoms with Crippen LogP contribution < -0.4 is 16.6 Å². The van der Waals surface area contributed by atoms with Crippen molar-refractivity contribution in [3.8, 4) is 0 Å². The summed E-state index contributed by atoms with van der Waals surface area (Å²) < 4.78 is 1.40. The molecule has 0 aliphatic heterocycles. The molecule has 0 radical (unpaired) electrons. The first-order valence-electron chi connectivity index (χ1n) is 12.7. The van der Waals surface area contributed by atoms with Crippen LogP contribution in [0.5, 0.6) is 0 Å². The lowest BCUT2D eigenvalue weighted by atomic mass is 10.1. The molecular formula is C29H29Cl3N5O3+. The molecule has 0 aliphatic carbocycles. The van der Waals surface area contributed by atoms with Gasteiger partial charge in [-0.2, -0.15) is 0 Å². The molecule has 208 valence electrons. The van der Waals surface area contributed by atoms with Crippen molar-refractivity contribution in [2.75, 3.05) is 20.1 Å². The number of rotatable bonds is 9. The molecule has 0 fully saturated rings. The fraction of sp³-hybridized carbons (Fsp3) is 0.241. The number of hydrogen-bond acceptors (Lipinski definition) is 5. The summed E-state index contributed by atoms with van der Waals surface area (Å²) in [6.45, 7) is 2.42. The summed E-state index contributed by atoms with van der Waals surface area (Å²) in [5.41, 5.74) is 7.80. The molecular weight excluding hydrogens is 573 g/mol. The van der Waals surface area contributed by atoms with Crippen LogP contribution in [0.25, 0.3) is 10.9 Å². The number of primary amides is 1. The summed E-state index contributed by atoms with van der Waals surface area (Å²) in [4.78, 5) is 47.7. The monoisotopic (exact) mass is 600 g/mol. The molecule has 4 aromatic rings. The fourth-order valence-electron chi connectivity index (χ4n) is 4.44. The van der Waals surface area contributed by atoms with Gasteiger partial charge in [0.15, 0.2) is 0 Å². The zero-order valence-electron chi connectivity index (χ0n) is 22.0. The SMILES string of the molecule is C[NH2+]C(=O)C(c1nc2cc(Cl)ccc2c(=O)n1Cc1ccc(Cl)c(Cl)c1)N(CCCN)C(=O)c1ccc(C)cc1. The van der Waals surface area contributed by atoms with Crippen molar-refractivity contribution in [1.29, 1.82) is 0 Å². The van der Waals surface area contributed by atoms with E-state index in [-0.39, 0.29) is 24.8 Å². The van der Waals surface area contributed by atoms with E-state index in [0.717, 1.165) is 5.56 Å². The number of nitrogens with zero attached hydrogens (tertiary/aromatic N) is 3. The molecule has 0 spiro atoms. The summed E-state index contributed by atoms with van der Waals surface area (Å²) in [6, 6.07) is 15.7. The van der Waals surface area contributed by atoms with Gasteiger partial charge in [-0.3, -0.25) is 19.5 Å². The van der Waals surface area contributed by atoms with Crippen molar-refractivity contribution in [3.05, 3.63) is 109 Å². The van der Waals surface area contributed by atoms with Gasteiger partial charge in [-0.1, -0.05) is 58.6 Å². The molecule has 0 bridgehead atoms. The van der Waals surface area contributed by atoms with E-state index in [2.05, 4.69) is 0 Å². The number of aromatic nitrogens is 2. The third-order valence-corrected chi connectivity index (χ3v) is 7.52. The Morgan fingerprint density at radius 1 is 1.02 bits per heavy atom. The van der Waals surface area contributed by atoms with Gasteiger partial charge in [0.25, 0.3) is 11.5 Å². The molecule has 40 heavy (non-hydrogen) atoms. The van der Waals surface area contributed by atoms with Crippen LogP contribution in [0.15, 0.2) is 65.5 Å². The number of benzene rings is 3. The molecule has 1 aromatic heterocycles. The highest BCUT2D eigenvalue weighted by Crippen LogP contribution is 2.27. The smallest absolute Gasteiger partial charge is 0.330 e. The number of carbonyl (C=O) groups is 2. The second-order valence-electron chi connectivity index (χ2n) is 9.37. The number of nitrogens with two attached hydrogens (primary N) is 2. The summed E-state index contributed by atoms with van der Waals surface area (Å²) >= 11 is 18.6. The number of halogens is 3. The van der Waals surface area contributed by atoms with Crippen LogP contribution in [0.1, 0.15) is 39.8 Å². The van der Waals surface area contributed by atoms with Gasteiger partial charge in [0.05, 0.1) is 34.5 Å². The average molecular weight is 602 g/mol. The van der Waals surface area contributed by atoms with E-state index in [0.29, 0.717) is 50.1 Å². The molecule has 8 nitrogen and oxygen atoms in total. The third-order valence-electron chi connectivity index (χ3n) is 6.54. The third kappa shape index (κ3) is 6.37. The van der Waals surface area contributed by atoms with Gasteiger partial charge in [-0.05, 0) is 67.9 Å². The van der Waals surface area contributed by atoms with E-state index in [4.69, 9.17) is 45.5 Å². The largest absolute Gasteiger partial charge is 0.340 e. The minimum atomic E-state index is -1.20. The first-order valence-corrected chi connectivity index (χ1v) is 13.8. The van der Waals surface area contributed by atoms with Gasteiger partial charge in [-0.15, -0.1) is 0 Å². The Morgan fingerprint density at radius 2 is 1.75 bits per heavy atom. The number of fused-ring (bicyclic) bond motifs is 1. The molecule has 2 amide bonds. The molecule has 11 heteroatoms. The van der Waals surface area contributed by atoms with Crippen LogP contribution in [-0.2, 0) is 11.3 Å². The maximum absolute atomic E-state index is 13.9. The number of quaternary nitrogens is 1. The quantitative estimate of drug-likeness (QED) is 0.301. The summed E-state index contributed by atoms with van der Waals surface area (Å²) in [5.74, 6) is -0.671. The van der Waals surface area contributed by atoms with Gasteiger partial charge < -0.3 is 10.6 Å². The Labute approximate surface area is 246 Å². The summed E-state index contributed by atoms with van der Waals surface area (Å²) in [6.07, 6.45) is 0.432. The molecule has 4 N–H and O–H groups in total.